The third-order valence-corrected chi connectivity index (χ3v) is 12.9. The highest BCUT2D eigenvalue weighted by molar-refractivity contribution is 9.10. The predicted octanol–water partition coefficient (Wildman–Crippen LogP) is 9.67. The molecule has 2 fully saturated rings. The number of benzene rings is 5. The maximum atomic E-state index is 15.2. The smallest absolute Gasteiger partial charge is 0.238 e. The molecule has 0 spiro atoms. The van der Waals surface area contributed by atoms with Gasteiger partial charge in [0.1, 0.15) is 5.75 Å². The fourth-order valence-corrected chi connectivity index (χ4v) is 10.2. The predicted molar refractivity (Wildman–Crippen MR) is 226 cm³/mol. The molecule has 2 amide bonds. The van der Waals surface area contributed by atoms with Gasteiger partial charge in [0.25, 0.3) is 0 Å². The molecule has 4 aliphatic rings. The largest absolute Gasteiger partial charge is 0.508 e. The zero-order valence-electron chi connectivity index (χ0n) is 31.8. The molecule has 0 radical (unpaired) electrons. The Kier molecular flexibility index (Phi) is 9.39. The number of Topliss-reactive ketones (excluding diaryl/α,β-unsaturated/α-hetero) is 1. The van der Waals surface area contributed by atoms with E-state index in [4.69, 9.17) is 0 Å². The molecule has 58 heavy (non-hydrogen) atoms. The number of anilines is 2. The third kappa shape index (κ3) is 5.97. The molecule has 10 heteroatoms. The molecule has 1 aliphatic heterocycles. The zero-order chi connectivity index (χ0) is 40.3. The van der Waals surface area contributed by atoms with Crippen LogP contribution in [0.4, 0.5) is 22.7 Å². The third-order valence-electron chi connectivity index (χ3n) is 12.4. The van der Waals surface area contributed by atoms with Crippen LogP contribution in [0.5, 0.6) is 5.75 Å². The summed E-state index contributed by atoms with van der Waals surface area (Å²) in [4.78, 5) is 62.7. The minimum Gasteiger partial charge on any atom is -0.508 e. The highest BCUT2D eigenvalue weighted by atomic mass is 79.9. The van der Waals surface area contributed by atoms with Gasteiger partial charge in [-0.15, -0.1) is 0 Å². The van der Waals surface area contributed by atoms with Crippen LogP contribution in [0.15, 0.2) is 160 Å². The highest BCUT2D eigenvalue weighted by Gasteiger charge is 2.66. The lowest BCUT2D eigenvalue weighted by molar-refractivity contribution is -0.135. The number of ketones is 2. The number of nitrogens with zero attached hydrogens (tertiary/aromatic N) is 4. The molecule has 5 aromatic rings. The number of rotatable bonds is 7. The Labute approximate surface area is 344 Å². The molecule has 5 aromatic carbocycles. The number of aromatic hydroxyl groups is 1. The fourth-order valence-electron chi connectivity index (χ4n) is 9.83. The monoisotopic (exact) mass is 830 g/mol. The summed E-state index contributed by atoms with van der Waals surface area (Å²) in [6, 6.07) is 38.2. The van der Waals surface area contributed by atoms with Crippen LogP contribution in [-0.2, 0) is 24.6 Å². The fraction of sp³-hybridized carbons (Fsp3) is 0.208. The van der Waals surface area contributed by atoms with Crippen molar-refractivity contribution < 1.29 is 24.3 Å². The van der Waals surface area contributed by atoms with Gasteiger partial charge in [0, 0.05) is 47.2 Å². The molecule has 1 N–H and O–H groups in total. The van der Waals surface area contributed by atoms with Gasteiger partial charge in [-0.05, 0) is 103 Å². The Morgan fingerprint density at radius 3 is 2.05 bits per heavy atom. The number of carbonyl (C=O) groups is 4. The Bertz CT molecular complexity index is 2570. The second kappa shape index (κ2) is 14.6. The highest BCUT2D eigenvalue weighted by Crippen LogP contribution is 2.64. The Balaban J connectivity index is 1.12. The molecule has 0 bridgehead atoms. The lowest BCUT2D eigenvalue weighted by Gasteiger charge is -2.55. The molecule has 1 heterocycles. The number of azo groups is 1. The van der Waals surface area contributed by atoms with Gasteiger partial charge in [0.15, 0.2) is 11.6 Å². The van der Waals surface area contributed by atoms with Crippen LogP contribution in [0, 0.1) is 23.7 Å². The SMILES string of the molecule is CN(C)c1ccc(N=Nc2ccc(N3C(=O)C4CC=C5C(CC6C(=O)C(c7ccccc7)=CC(=O)C6(c6ccccc6)C5c5cc(Br)ccc5O)C4C3=O)cc2)cc1. The van der Waals surface area contributed by atoms with E-state index in [2.05, 4.69) is 26.2 Å². The minimum absolute atomic E-state index is 0.0257. The van der Waals surface area contributed by atoms with Crippen molar-refractivity contribution in [2.75, 3.05) is 23.9 Å². The molecule has 6 unspecified atom stereocenters. The second-order valence-corrected chi connectivity index (χ2v) is 16.5. The van der Waals surface area contributed by atoms with E-state index in [9.17, 15) is 14.7 Å². The van der Waals surface area contributed by atoms with Gasteiger partial charge >= 0.3 is 0 Å². The molecule has 9 rings (SSSR count). The maximum absolute atomic E-state index is 15.2. The number of hydrogen-bond donors (Lipinski definition) is 1. The summed E-state index contributed by atoms with van der Waals surface area (Å²) in [5.74, 6) is -4.87. The first-order valence-electron chi connectivity index (χ1n) is 19.3. The van der Waals surface area contributed by atoms with Crippen molar-refractivity contribution in [2.24, 2.45) is 33.9 Å². The molecular formula is C48H39BrN4O5. The first kappa shape index (κ1) is 37.3. The van der Waals surface area contributed by atoms with E-state index in [1.807, 2.05) is 110 Å². The Morgan fingerprint density at radius 1 is 0.759 bits per heavy atom. The van der Waals surface area contributed by atoms with Crippen molar-refractivity contribution in [3.63, 3.8) is 0 Å². The summed E-state index contributed by atoms with van der Waals surface area (Å²) < 4.78 is 0.690. The molecule has 9 nitrogen and oxygen atoms in total. The van der Waals surface area contributed by atoms with E-state index in [0.29, 0.717) is 43.8 Å². The van der Waals surface area contributed by atoms with Gasteiger partial charge in [0.05, 0.1) is 34.3 Å². The van der Waals surface area contributed by atoms with Crippen LogP contribution < -0.4 is 9.80 Å². The molecule has 288 valence electrons. The summed E-state index contributed by atoms with van der Waals surface area (Å²) in [7, 11) is 3.93. The summed E-state index contributed by atoms with van der Waals surface area (Å²) in [5.41, 5.74) is 4.15. The average molecular weight is 832 g/mol. The van der Waals surface area contributed by atoms with Gasteiger partial charge in [-0.3, -0.25) is 24.1 Å². The molecule has 3 aliphatic carbocycles. The van der Waals surface area contributed by atoms with Crippen molar-refractivity contribution in [3.05, 3.63) is 166 Å². The summed E-state index contributed by atoms with van der Waals surface area (Å²) >= 11 is 3.60. The number of hydrogen-bond acceptors (Lipinski definition) is 8. The number of amides is 2. The average Bonchev–Trinajstić information content (AvgIpc) is 3.51. The van der Waals surface area contributed by atoms with Gasteiger partial charge in [-0.25, -0.2) is 0 Å². The number of carbonyl (C=O) groups excluding carboxylic acids is 4. The van der Waals surface area contributed by atoms with Gasteiger partial charge in [-0.2, -0.15) is 10.2 Å². The van der Waals surface area contributed by atoms with E-state index in [-0.39, 0.29) is 42.0 Å². The molecule has 6 atom stereocenters. The van der Waals surface area contributed by atoms with Crippen molar-refractivity contribution in [3.8, 4) is 5.75 Å². The quantitative estimate of drug-likeness (QED) is 0.0992. The van der Waals surface area contributed by atoms with Crippen LogP contribution in [-0.4, -0.2) is 42.6 Å². The van der Waals surface area contributed by atoms with Crippen LogP contribution in [0.3, 0.4) is 0 Å². The number of fused-ring (bicyclic) bond motifs is 4. The number of phenols is 1. The van der Waals surface area contributed by atoms with E-state index in [1.165, 1.54) is 11.0 Å². The molecule has 1 saturated heterocycles. The van der Waals surface area contributed by atoms with E-state index >= 15 is 9.59 Å². The van der Waals surface area contributed by atoms with E-state index in [0.717, 1.165) is 11.3 Å². The van der Waals surface area contributed by atoms with E-state index < -0.39 is 35.0 Å². The molecule has 1 saturated carbocycles. The summed E-state index contributed by atoms with van der Waals surface area (Å²) in [6.07, 6.45) is 3.91. The number of allylic oxidation sites excluding steroid dienone is 4. The lowest BCUT2D eigenvalue weighted by atomic mass is 9.44. The zero-order valence-corrected chi connectivity index (χ0v) is 33.4. The van der Waals surface area contributed by atoms with Crippen molar-refractivity contribution in [1.82, 2.24) is 0 Å². The van der Waals surface area contributed by atoms with Crippen LogP contribution in [0.25, 0.3) is 5.57 Å². The summed E-state index contributed by atoms with van der Waals surface area (Å²) in [5, 5.41) is 20.4. The Hall–Kier alpha value is -6.26. The summed E-state index contributed by atoms with van der Waals surface area (Å²) in [6.45, 7) is 0. The first-order chi connectivity index (χ1) is 28.1. The van der Waals surface area contributed by atoms with Crippen molar-refractivity contribution >= 4 is 67.6 Å². The molecule has 0 aromatic heterocycles. The van der Waals surface area contributed by atoms with Gasteiger partial charge in [0.2, 0.25) is 11.8 Å². The number of phenolic OH excluding ortho intramolecular Hbond substituents is 1. The lowest BCUT2D eigenvalue weighted by Crippen LogP contribution is -2.58. The van der Waals surface area contributed by atoms with Crippen molar-refractivity contribution in [1.29, 1.82) is 0 Å². The number of imide groups is 1. The van der Waals surface area contributed by atoms with E-state index in [1.54, 1.807) is 42.5 Å². The topological polar surface area (TPSA) is 120 Å². The normalized spacial score (nSPS) is 25.2. The molecular weight excluding hydrogens is 792 g/mol. The van der Waals surface area contributed by atoms with Crippen LogP contribution in [0.1, 0.15) is 35.4 Å². The standard InChI is InChI=1S/C48H39BrN4O5/c1-52(2)33-18-14-31(15-19-33)50-51-32-16-20-34(21-17-32)53-46(57)36-23-22-35-38(43(36)47(53)58)26-40-45(56)37(28-9-5-3-6-10-28)27-42(55)48(40,29-11-7-4-8-12-29)44(35)39-25-30(49)13-24-41(39)54/h3-22,24-25,27,36,38,40,43-44,54H,23,26H2,1-2H3. The van der Waals surface area contributed by atoms with Crippen LogP contribution in [0.2, 0.25) is 0 Å². The maximum Gasteiger partial charge on any atom is 0.238 e. The first-order valence-corrected chi connectivity index (χ1v) is 20.1. The van der Waals surface area contributed by atoms with Crippen molar-refractivity contribution in [2.45, 2.75) is 24.2 Å². The minimum atomic E-state index is -1.44. The second-order valence-electron chi connectivity index (χ2n) is 15.6. The Morgan fingerprint density at radius 2 is 1.40 bits per heavy atom. The van der Waals surface area contributed by atoms with Gasteiger partial charge in [-0.1, -0.05) is 88.2 Å². The van der Waals surface area contributed by atoms with Crippen LogP contribution >= 0.6 is 15.9 Å². The van der Waals surface area contributed by atoms with Gasteiger partial charge < -0.3 is 10.0 Å². The number of halogens is 1.